The van der Waals surface area contributed by atoms with E-state index in [1.165, 1.54) is 35.4 Å². The molecule has 4 aliphatic rings. The number of benzene rings is 2. The Bertz CT molecular complexity index is 2110. The number of fused-ring (bicyclic) bond motifs is 3. The number of ether oxygens (including phenoxy) is 2. The van der Waals surface area contributed by atoms with Gasteiger partial charge in [-0.05, 0) is 86.9 Å². The van der Waals surface area contributed by atoms with E-state index in [9.17, 15) is 19.4 Å². The first-order chi connectivity index (χ1) is 25.0. The van der Waals surface area contributed by atoms with E-state index in [0.717, 1.165) is 45.1 Å². The van der Waals surface area contributed by atoms with Crippen molar-refractivity contribution in [2.24, 2.45) is 5.41 Å². The fourth-order valence-electron chi connectivity index (χ4n) is 9.21. The van der Waals surface area contributed by atoms with Crippen molar-refractivity contribution in [3.8, 4) is 35.4 Å². The summed E-state index contributed by atoms with van der Waals surface area (Å²) < 4.78 is 44.0. The topological polar surface area (TPSA) is 124 Å². The van der Waals surface area contributed by atoms with Gasteiger partial charge in [0, 0.05) is 50.4 Å². The molecule has 4 fully saturated rings. The molecule has 2 N–H and O–H groups in total. The highest BCUT2D eigenvalue weighted by Crippen LogP contribution is 2.49. The largest absolute Gasteiger partial charge is 0.508 e. The first-order valence-corrected chi connectivity index (χ1v) is 17.9. The van der Waals surface area contributed by atoms with E-state index >= 15 is 4.39 Å². The van der Waals surface area contributed by atoms with Crippen molar-refractivity contribution in [3.05, 3.63) is 47.7 Å². The number of aromatic nitrogens is 3. The summed E-state index contributed by atoms with van der Waals surface area (Å²) in [5, 5.41) is 21.9. The zero-order valence-electron chi connectivity index (χ0n) is 29.4. The third-order valence-electron chi connectivity index (χ3n) is 11.7. The normalized spacial score (nSPS) is 25.7. The lowest BCUT2D eigenvalue weighted by atomic mass is 9.62. The lowest BCUT2D eigenvalue weighted by Gasteiger charge is -2.51. The molecule has 1 spiro atoms. The summed E-state index contributed by atoms with van der Waals surface area (Å²) in [6.45, 7) is 2.73. The quantitative estimate of drug-likeness (QED) is 0.233. The minimum Gasteiger partial charge on any atom is -0.508 e. The number of terminal acetylenes is 1. The summed E-state index contributed by atoms with van der Waals surface area (Å²) in [6, 6.07) is 5.55. The SMILES string of the molecule is C#Cc1c(F)ccc2cc(O)cc(-c3ncc4c(N5CCCC6(CC(O)C6)C5)nc(OCC56CCCN5[C@H](COC(=O)N(C)C)CC6)nc4c3F)c12. The number of aliphatic hydroxyl groups excluding tert-OH is 1. The Morgan fingerprint density at radius 2 is 1.94 bits per heavy atom. The highest BCUT2D eigenvalue weighted by molar-refractivity contribution is 6.03. The predicted molar refractivity (Wildman–Crippen MR) is 191 cm³/mol. The fraction of sp³-hybridized carbons (Fsp3) is 0.487. The van der Waals surface area contributed by atoms with Gasteiger partial charge >= 0.3 is 12.1 Å². The van der Waals surface area contributed by atoms with Crippen LogP contribution in [0.15, 0.2) is 30.5 Å². The molecule has 0 radical (unpaired) electrons. The van der Waals surface area contributed by atoms with E-state index in [-0.39, 0.29) is 81.9 Å². The molecule has 272 valence electrons. The molecule has 3 saturated heterocycles. The van der Waals surface area contributed by atoms with Crippen molar-refractivity contribution in [2.45, 2.75) is 69.1 Å². The summed E-state index contributed by atoms with van der Waals surface area (Å²) in [7, 11) is 3.31. The maximum atomic E-state index is 17.0. The van der Waals surface area contributed by atoms with Crippen molar-refractivity contribution in [1.82, 2.24) is 24.8 Å². The van der Waals surface area contributed by atoms with Gasteiger partial charge in [-0.1, -0.05) is 12.0 Å². The van der Waals surface area contributed by atoms with Crippen LogP contribution in [-0.2, 0) is 4.74 Å². The van der Waals surface area contributed by atoms with Crippen LogP contribution in [-0.4, -0.2) is 106 Å². The molecule has 1 amide bonds. The van der Waals surface area contributed by atoms with E-state index in [2.05, 4.69) is 25.7 Å². The number of hydrogen-bond acceptors (Lipinski definition) is 10. The molecule has 52 heavy (non-hydrogen) atoms. The number of anilines is 1. The Labute approximate surface area is 300 Å². The summed E-state index contributed by atoms with van der Waals surface area (Å²) in [5.41, 5.74) is -0.435. The van der Waals surface area contributed by atoms with Gasteiger partial charge in [-0.15, -0.1) is 6.42 Å². The van der Waals surface area contributed by atoms with Crippen LogP contribution in [0.2, 0.25) is 0 Å². The number of piperidine rings is 1. The highest BCUT2D eigenvalue weighted by atomic mass is 19.1. The van der Waals surface area contributed by atoms with Gasteiger partial charge in [0.1, 0.15) is 41.8 Å². The lowest BCUT2D eigenvalue weighted by Crippen LogP contribution is -2.52. The van der Waals surface area contributed by atoms with Crippen molar-refractivity contribution < 1.29 is 33.3 Å². The van der Waals surface area contributed by atoms with Crippen LogP contribution >= 0.6 is 0 Å². The van der Waals surface area contributed by atoms with Gasteiger partial charge in [-0.2, -0.15) is 9.97 Å². The number of hydrogen-bond donors (Lipinski definition) is 2. The van der Waals surface area contributed by atoms with Crippen LogP contribution in [0.1, 0.15) is 56.9 Å². The zero-order chi connectivity index (χ0) is 36.4. The molecule has 2 aromatic heterocycles. The molecule has 8 rings (SSSR count). The highest BCUT2D eigenvalue weighted by Gasteiger charge is 2.50. The van der Waals surface area contributed by atoms with E-state index in [1.54, 1.807) is 14.1 Å². The molecule has 2 atom stereocenters. The van der Waals surface area contributed by atoms with Gasteiger partial charge in [0.05, 0.1) is 22.6 Å². The number of phenols is 1. The number of carbonyl (C=O) groups is 1. The smallest absolute Gasteiger partial charge is 0.409 e. The zero-order valence-corrected chi connectivity index (χ0v) is 29.4. The Hall–Kier alpha value is -4.80. The third-order valence-corrected chi connectivity index (χ3v) is 11.7. The maximum Gasteiger partial charge on any atom is 0.409 e. The summed E-state index contributed by atoms with van der Waals surface area (Å²) in [5.74, 6) is 1.30. The fourth-order valence-corrected chi connectivity index (χ4v) is 9.21. The van der Waals surface area contributed by atoms with Crippen molar-refractivity contribution in [2.75, 3.05) is 51.8 Å². The number of nitrogens with zero attached hydrogens (tertiary/aromatic N) is 6. The summed E-state index contributed by atoms with van der Waals surface area (Å²) in [4.78, 5) is 32.1. The first kappa shape index (κ1) is 34.3. The van der Waals surface area contributed by atoms with Crippen LogP contribution in [0, 0.1) is 29.4 Å². The van der Waals surface area contributed by atoms with Gasteiger partial charge in [-0.3, -0.25) is 9.88 Å². The molecular formula is C39H42F2N6O5. The Morgan fingerprint density at radius 1 is 1.13 bits per heavy atom. The molecule has 5 heterocycles. The van der Waals surface area contributed by atoms with E-state index in [4.69, 9.17) is 20.9 Å². The second-order valence-corrected chi connectivity index (χ2v) is 15.2. The Morgan fingerprint density at radius 3 is 2.71 bits per heavy atom. The number of pyridine rings is 1. The number of carbonyl (C=O) groups excluding carboxylic acids is 1. The summed E-state index contributed by atoms with van der Waals surface area (Å²) >= 11 is 0. The van der Waals surface area contributed by atoms with Gasteiger partial charge in [-0.25, -0.2) is 13.6 Å². The van der Waals surface area contributed by atoms with Crippen LogP contribution in [0.5, 0.6) is 11.8 Å². The predicted octanol–water partition coefficient (Wildman–Crippen LogP) is 5.63. The Balaban J connectivity index is 1.19. The van der Waals surface area contributed by atoms with Gasteiger partial charge in [0.15, 0.2) is 5.82 Å². The van der Waals surface area contributed by atoms with Crippen molar-refractivity contribution in [1.29, 1.82) is 0 Å². The second kappa shape index (κ2) is 13.0. The van der Waals surface area contributed by atoms with Gasteiger partial charge < -0.3 is 29.5 Å². The van der Waals surface area contributed by atoms with Crippen LogP contribution in [0.4, 0.5) is 19.4 Å². The van der Waals surface area contributed by atoms with Crippen LogP contribution in [0.25, 0.3) is 32.9 Å². The Kier molecular flexibility index (Phi) is 8.58. The van der Waals surface area contributed by atoms with E-state index in [1.807, 2.05) is 0 Å². The number of rotatable bonds is 7. The first-order valence-electron chi connectivity index (χ1n) is 17.9. The molecule has 13 heteroatoms. The van der Waals surface area contributed by atoms with Gasteiger partial charge in [0.2, 0.25) is 0 Å². The lowest BCUT2D eigenvalue weighted by molar-refractivity contribution is -0.0396. The molecular weight excluding hydrogens is 670 g/mol. The number of aliphatic hydroxyl groups is 1. The number of halogens is 2. The van der Waals surface area contributed by atoms with Crippen LogP contribution < -0.4 is 9.64 Å². The number of aromatic hydroxyl groups is 1. The average Bonchev–Trinajstić information content (AvgIpc) is 3.68. The second-order valence-electron chi connectivity index (χ2n) is 15.2. The molecule has 11 nitrogen and oxygen atoms in total. The molecule has 2 aromatic carbocycles. The van der Waals surface area contributed by atoms with Crippen molar-refractivity contribution in [3.63, 3.8) is 0 Å². The maximum absolute atomic E-state index is 17.0. The van der Waals surface area contributed by atoms with Gasteiger partial charge in [0.25, 0.3) is 0 Å². The van der Waals surface area contributed by atoms with Crippen molar-refractivity contribution >= 4 is 33.6 Å². The molecule has 1 unspecified atom stereocenters. The number of amides is 1. The monoisotopic (exact) mass is 712 g/mol. The standard InChI is InChI=1S/C39H42F2N6O5/c1-4-27-30(40)8-7-23-15-25(48)16-28(31(23)27)33-32(41)34-29(19-42-33)35(46-13-5-10-38(21-46)17-26(49)18-38)44-36(43-34)52-22-39-11-6-14-47(39)24(9-12-39)20-51-37(50)45(2)3/h1,7-8,15-16,19,24,26,48-49H,5-6,9-14,17-18,20-22H2,2-3H3/t24-,26?,38?,39?/m0/s1. The number of phenolic OH excluding ortho intramolecular Hbond substituents is 1. The average molecular weight is 713 g/mol. The third kappa shape index (κ3) is 5.82. The molecule has 3 aliphatic heterocycles. The van der Waals surface area contributed by atoms with E-state index < -0.39 is 11.6 Å². The molecule has 1 saturated carbocycles. The minimum atomic E-state index is -0.778. The summed E-state index contributed by atoms with van der Waals surface area (Å²) in [6.07, 6.45) is 13.4. The van der Waals surface area contributed by atoms with E-state index in [0.29, 0.717) is 42.5 Å². The molecule has 0 bridgehead atoms. The van der Waals surface area contributed by atoms with Crippen LogP contribution in [0.3, 0.4) is 0 Å². The molecule has 4 aromatic rings. The molecule has 1 aliphatic carbocycles. The minimum absolute atomic E-state index is 0.0194.